The van der Waals surface area contributed by atoms with Crippen molar-refractivity contribution in [3.8, 4) is 0 Å². The fourth-order valence-electron chi connectivity index (χ4n) is 2.53. The molecule has 2 nitrogen and oxygen atoms in total. The van der Waals surface area contributed by atoms with Crippen LogP contribution >= 0.6 is 31.9 Å². The van der Waals surface area contributed by atoms with Crippen molar-refractivity contribution in [3.63, 3.8) is 0 Å². The second-order valence-corrected chi connectivity index (χ2v) is 6.73. The van der Waals surface area contributed by atoms with Gasteiger partial charge < -0.3 is 4.90 Å². The molecule has 0 aromatic heterocycles. The lowest BCUT2D eigenvalue weighted by Gasteiger charge is -2.21. The highest BCUT2D eigenvalue weighted by molar-refractivity contribution is 9.11. The molecule has 1 amide bonds. The lowest BCUT2D eigenvalue weighted by atomic mass is 10.1. The van der Waals surface area contributed by atoms with Crippen molar-refractivity contribution >= 4 is 37.8 Å². The summed E-state index contributed by atoms with van der Waals surface area (Å²) in [7, 11) is 1.90. The number of hydrogen-bond acceptors (Lipinski definition) is 1. The molecule has 0 N–H and O–H groups in total. The first-order chi connectivity index (χ1) is 8.58. The third-order valence-corrected chi connectivity index (χ3v) is 4.66. The summed E-state index contributed by atoms with van der Waals surface area (Å²) in [4.78, 5) is 14.2. The van der Waals surface area contributed by atoms with E-state index in [1.165, 1.54) is 25.7 Å². The summed E-state index contributed by atoms with van der Waals surface area (Å²) in [6.07, 6.45) is 5.15. The van der Waals surface area contributed by atoms with E-state index in [1.54, 1.807) is 0 Å². The Kier molecular flexibility index (Phi) is 4.84. The molecule has 1 fully saturated rings. The monoisotopic (exact) mass is 373 g/mol. The van der Waals surface area contributed by atoms with Crippen molar-refractivity contribution in [2.24, 2.45) is 5.92 Å². The second-order valence-electron chi connectivity index (χ2n) is 4.96. The summed E-state index contributed by atoms with van der Waals surface area (Å²) >= 11 is 6.85. The number of rotatable bonds is 3. The normalized spacial score (nSPS) is 15.9. The Morgan fingerprint density at radius 1 is 1.33 bits per heavy atom. The van der Waals surface area contributed by atoms with Crippen molar-refractivity contribution in [2.45, 2.75) is 25.7 Å². The third kappa shape index (κ3) is 3.35. The first-order valence-electron chi connectivity index (χ1n) is 6.28. The van der Waals surface area contributed by atoms with Crippen LogP contribution in [0.3, 0.4) is 0 Å². The van der Waals surface area contributed by atoms with Gasteiger partial charge in [-0.05, 0) is 52.9 Å². The van der Waals surface area contributed by atoms with Crippen molar-refractivity contribution in [3.05, 3.63) is 32.7 Å². The van der Waals surface area contributed by atoms with Crippen LogP contribution in [0.2, 0.25) is 0 Å². The maximum absolute atomic E-state index is 12.3. The van der Waals surface area contributed by atoms with Gasteiger partial charge in [-0.15, -0.1) is 0 Å². The van der Waals surface area contributed by atoms with Gasteiger partial charge in [-0.3, -0.25) is 4.79 Å². The summed E-state index contributed by atoms with van der Waals surface area (Å²) in [5.41, 5.74) is 0.735. The summed E-state index contributed by atoms with van der Waals surface area (Å²) in [5.74, 6) is 0.787. The minimum Gasteiger partial charge on any atom is -0.341 e. The van der Waals surface area contributed by atoms with Gasteiger partial charge in [-0.2, -0.15) is 0 Å². The number of carbonyl (C=O) groups is 1. The third-order valence-electron chi connectivity index (χ3n) is 3.52. The Bertz CT molecular complexity index is 441. The summed E-state index contributed by atoms with van der Waals surface area (Å²) in [6.45, 7) is 0.876. The Morgan fingerprint density at radius 3 is 2.61 bits per heavy atom. The van der Waals surface area contributed by atoms with E-state index in [2.05, 4.69) is 31.9 Å². The maximum atomic E-state index is 12.3. The standard InChI is InChI=1S/C14H17Br2NO/c1-17(9-10-4-2-3-5-10)14(18)12-7-6-11(15)8-13(12)16/h6-8,10H,2-5,9H2,1H3. The van der Waals surface area contributed by atoms with Gasteiger partial charge in [0.1, 0.15) is 0 Å². The summed E-state index contributed by atoms with van der Waals surface area (Å²) in [6, 6.07) is 5.68. The molecule has 0 atom stereocenters. The molecule has 2 rings (SSSR count). The van der Waals surface area contributed by atoms with Crippen LogP contribution < -0.4 is 0 Å². The molecule has 0 spiro atoms. The molecule has 0 bridgehead atoms. The lowest BCUT2D eigenvalue weighted by molar-refractivity contribution is 0.0772. The molecular formula is C14H17Br2NO. The maximum Gasteiger partial charge on any atom is 0.254 e. The minimum atomic E-state index is 0.0984. The van der Waals surface area contributed by atoms with Gasteiger partial charge in [0.05, 0.1) is 5.56 Å². The van der Waals surface area contributed by atoms with E-state index in [-0.39, 0.29) is 5.91 Å². The van der Waals surface area contributed by atoms with Crippen LogP contribution in [0, 0.1) is 5.92 Å². The smallest absolute Gasteiger partial charge is 0.254 e. The molecule has 1 aromatic carbocycles. The molecule has 0 unspecified atom stereocenters. The zero-order chi connectivity index (χ0) is 13.1. The Labute approximate surface area is 125 Å². The topological polar surface area (TPSA) is 20.3 Å². The highest BCUT2D eigenvalue weighted by Crippen LogP contribution is 2.27. The molecule has 98 valence electrons. The molecule has 0 heterocycles. The second kappa shape index (κ2) is 6.20. The molecule has 1 saturated carbocycles. The van der Waals surface area contributed by atoms with Crippen LogP contribution in [0.25, 0.3) is 0 Å². The number of hydrogen-bond donors (Lipinski definition) is 0. The van der Waals surface area contributed by atoms with Crippen LogP contribution in [0.5, 0.6) is 0 Å². The van der Waals surface area contributed by atoms with E-state index in [0.717, 1.165) is 21.1 Å². The largest absolute Gasteiger partial charge is 0.341 e. The Morgan fingerprint density at radius 2 is 2.00 bits per heavy atom. The van der Waals surface area contributed by atoms with Crippen LogP contribution in [-0.2, 0) is 0 Å². The van der Waals surface area contributed by atoms with Crippen LogP contribution in [-0.4, -0.2) is 24.4 Å². The van der Waals surface area contributed by atoms with Crippen LogP contribution in [0.15, 0.2) is 27.1 Å². The number of carbonyl (C=O) groups excluding carboxylic acids is 1. The molecule has 1 aromatic rings. The first kappa shape index (κ1) is 14.1. The van der Waals surface area contributed by atoms with E-state index in [1.807, 2.05) is 30.1 Å². The lowest BCUT2D eigenvalue weighted by Crippen LogP contribution is -2.31. The SMILES string of the molecule is CN(CC1CCCC1)C(=O)c1ccc(Br)cc1Br. The number of nitrogens with zero attached hydrogens (tertiary/aromatic N) is 1. The summed E-state index contributed by atoms with van der Waals surface area (Å²) in [5, 5.41) is 0. The van der Waals surface area contributed by atoms with Crippen molar-refractivity contribution < 1.29 is 4.79 Å². The average Bonchev–Trinajstić information content (AvgIpc) is 2.81. The van der Waals surface area contributed by atoms with E-state index >= 15 is 0 Å². The molecule has 0 radical (unpaired) electrons. The van der Waals surface area contributed by atoms with Gasteiger partial charge in [0.2, 0.25) is 0 Å². The van der Waals surface area contributed by atoms with Gasteiger partial charge in [-0.1, -0.05) is 28.8 Å². The van der Waals surface area contributed by atoms with Crippen LogP contribution in [0.1, 0.15) is 36.0 Å². The number of halogens is 2. The molecular weight excluding hydrogens is 358 g/mol. The van der Waals surface area contributed by atoms with Crippen molar-refractivity contribution in [1.29, 1.82) is 0 Å². The molecule has 0 saturated heterocycles. The van der Waals surface area contributed by atoms with E-state index < -0.39 is 0 Å². The van der Waals surface area contributed by atoms with Crippen LogP contribution in [0.4, 0.5) is 0 Å². The van der Waals surface area contributed by atoms with Gasteiger partial charge in [0.25, 0.3) is 5.91 Å². The number of benzene rings is 1. The Balaban J connectivity index is 2.05. The molecule has 18 heavy (non-hydrogen) atoms. The average molecular weight is 375 g/mol. The first-order valence-corrected chi connectivity index (χ1v) is 7.87. The molecule has 1 aliphatic rings. The van der Waals surface area contributed by atoms with Gasteiger partial charge >= 0.3 is 0 Å². The highest BCUT2D eigenvalue weighted by atomic mass is 79.9. The van der Waals surface area contributed by atoms with Crippen molar-refractivity contribution in [2.75, 3.05) is 13.6 Å². The minimum absolute atomic E-state index is 0.0984. The zero-order valence-electron chi connectivity index (χ0n) is 10.5. The highest BCUT2D eigenvalue weighted by Gasteiger charge is 2.21. The Hall–Kier alpha value is -0.350. The fourth-order valence-corrected chi connectivity index (χ4v) is 3.75. The van der Waals surface area contributed by atoms with E-state index in [9.17, 15) is 4.79 Å². The predicted molar refractivity (Wildman–Crippen MR) is 80.8 cm³/mol. The molecule has 1 aliphatic carbocycles. The number of amides is 1. The molecule has 4 heteroatoms. The predicted octanol–water partition coefficient (Wildman–Crippen LogP) is 4.47. The van der Waals surface area contributed by atoms with Crippen molar-refractivity contribution in [1.82, 2.24) is 4.90 Å². The van der Waals surface area contributed by atoms with Gasteiger partial charge in [0.15, 0.2) is 0 Å². The molecule has 0 aliphatic heterocycles. The van der Waals surface area contributed by atoms with E-state index in [0.29, 0.717) is 5.92 Å². The van der Waals surface area contributed by atoms with E-state index in [4.69, 9.17) is 0 Å². The summed E-state index contributed by atoms with van der Waals surface area (Å²) < 4.78 is 1.82. The van der Waals surface area contributed by atoms with Gasteiger partial charge in [-0.25, -0.2) is 0 Å². The quantitative estimate of drug-likeness (QED) is 0.764. The zero-order valence-corrected chi connectivity index (χ0v) is 13.6. The van der Waals surface area contributed by atoms with Gasteiger partial charge in [0, 0.05) is 22.5 Å². The fraction of sp³-hybridized carbons (Fsp3) is 0.500.